The summed E-state index contributed by atoms with van der Waals surface area (Å²) in [5.74, 6) is -1.09. The average Bonchev–Trinajstić information content (AvgIpc) is 2.68. The number of aliphatic carboxylic acids is 1. The highest BCUT2D eigenvalue weighted by Crippen LogP contribution is 2.29. The van der Waals surface area contributed by atoms with Gasteiger partial charge in [-0.05, 0) is 54.8 Å². The topological polar surface area (TPSA) is 109 Å². The summed E-state index contributed by atoms with van der Waals surface area (Å²) in [5, 5.41) is 20.8. The number of aryl methyl sites for hydroxylation is 1. The highest BCUT2D eigenvalue weighted by Gasteiger charge is 2.13. The first kappa shape index (κ1) is 20.5. The lowest BCUT2D eigenvalue weighted by atomic mass is 10.1. The molecule has 0 bridgehead atoms. The first-order chi connectivity index (χ1) is 13.3. The Hall–Kier alpha value is -3.79. The van der Waals surface area contributed by atoms with Crippen LogP contribution in [0.2, 0.25) is 0 Å². The number of carbonyl (C=O) groups is 2. The normalized spacial score (nSPS) is 10.7. The molecule has 144 valence electrons. The molecule has 0 fully saturated rings. The van der Waals surface area contributed by atoms with Crippen molar-refractivity contribution in [2.75, 3.05) is 19.0 Å². The van der Waals surface area contributed by atoms with Crippen molar-refractivity contribution in [3.05, 3.63) is 58.7 Å². The van der Waals surface area contributed by atoms with E-state index in [1.807, 2.05) is 32.0 Å². The fraction of sp³-hybridized carbons (Fsp3) is 0.190. The van der Waals surface area contributed by atoms with Gasteiger partial charge in [0.1, 0.15) is 11.6 Å². The molecule has 0 atom stereocenters. The molecule has 28 heavy (non-hydrogen) atoms. The van der Waals surface area contributed by atoms with Crippen molar-refractivity contribution in [1.82, 2.24) is 0 Å². The van der Waals surface area contributed by atoms with E-state index in [9.17, 15) is 14.9 Å². The van der Waals surface area contributed by atoms with Gasteiger partial charge in [0, 0.05) is 5.69 Å². The number of rotatable bonds is 7. The van der Waals surface area contributed by atoms with Crippen LogP contribution in [0.15, 0.2) is 42.0 Å². The van der Waals surface area contributed by atoms with Crippen molar-refractivity contribution >= 4 is 23.6 Å². The molecule has 2 aromatic carbocycles. The molecule has 0 saturated carbocycles. The lowest BCUT2D eigenvalue weighted by Gasteiger charge is -2.11. The zero-order valence-electron chi connectivity index (χ0n) is 15.8. The largest absolute Gasteiger partial charge is 0.493 e. The summed E-state index contributed by atoms with van der Waals surface area (Å²) >= 11 is 0. The number of carboxylic acids is 1. The Morgan fingerprint density at radius 1 is 1.21 bits per heavy atom. The van der Waals surface area contributed by atoms with Crippen molar-refractivity contribution in [2.24, 2.45) is 0 Å². The smallest absolute Gasteiger partial charge is 0.341 e. The number of benzene rings is 2. The number of nitrogens with zero attached hydrogens (tertiary/aromatic N) is 1. The van der Waals surface area contributed by atoms with Gasteiger partial charge in [0.15, 0.2) is 18.1 Å². The molecule has 0 radical (unpaired) electrons. The van der Waals surface area contributed by atoms with Crippen molar-refractivity contribution in [1.29, 1.82) is 5.26 Å². The average molecular weight is 380 g/mol. The third-order valence-electron chi connectivity index (χ3n) is 4.07. The summed E-state index contributed by atoms with van der Waals surface area (Å²) in [5.41, 5.74) is 3.05. The van der Waals surface area contributed by atoms with E-state index in [0.29, 0.717) is 17.0 Å². The number of nitriles is 1. The summed E-state index contributed by atoms with van der Waals surface area (Å²) < 4.78 is 10.3. The van der Waals surface area contributed by atoms with Crippen molar-refractivity contribution in [3.63, 3.8) is 0 Å². The predicted molar refractivity (Wildman–Crippen MR) is 104 cm³/mol. The number of methoxy groups -OCH3 is 1. The maximum absolute atomic E-state index is 12.5. The molecule has 2 rings (SSSR count). The Balaban J connectivity index is 2.25. The van der Waals surface area contributed by atoms with Gasteiger partial charge in [-0.25, -0.2) is 4.79 Å². The second kappa shape index (κ2) is 9.24. The van der Waals surface area contributed by atoms with Crippen LogP contribution in [-0.4, -0.2) is 30.7 Å². The van der Waals surface area contributed by atoms with Gasteiger partial charge < -0.3 is 19.9 Å². The van der Waals surface area contributed by atoms with E-state index in [0.717, 1.165) is 11.1 Å². The van der Waals surface area contributed by atoms with Gasteiger partial charge in [-0.2, -0.15) is 5.26 Å². The summed E-state index contributed by atoms with van der Waals surface area (Å²) in [6, 6.07) is 12.1. The molecule has 0 aliphatic carbocycles. The van der Waals surface area contributed by atoms with Crippen LogP contribution in [0.1, 0.15) is 16.7 Å². The van der Waals surface area contributed by atoms with Crippen LogP contribution in [-0.2, 0) is 9.59 Å². The molecule has 0 aromatic heterocycles. The van der Waals surface area contributed by atoms with Crippen LogP contribution in [0.5, 0.6) is 11.5 Å². The third-order valence-corrected chi connectivity index (χ3v) is 4.07. The van der Waals surface area contributed by atoms with Crippen LogP contribution in [0.25, 0.3) is 6.08 Å². The first-order valence-electron chi connectivity index (χ1n) is 8.37. The quantitative estimate of drug-likeness (QED) is 0.563. The van der Waals surface area contributed by atoms with Gasteiger partial charge >= 0.3 is 5.97 Å². The number of anilines is 1. The third kappa shape index (κ3) is 5.11. The molecule has 0 heterocycles. The first-order valence-corrected chi connectivity index (χ1v) is 8.37. The molecule has 0 spiro atoms. The predicted octanol–water partition coefficient (Wildman–Crippen LogP) is 3.32. The van der Waals surface area contributed by atoms with Gasteiger partial charge in [-0.15, -0.1) is 0 Å². The lowest BCUT2D eigenvalue weighted by Crippen LogP contribution is -2.14. The second-order valence-corrected chi connectivity index (χ2v) is 5.96. The lowest BCUT2D eigenvalue weighted by molar-refractivity contribution is -0.139. The molecule has 1 amide bonds. The van der Waals surface area contributed by atoms with Crippen molar-refractivity contribution in [3.8, 4) is 17.6 Å². The molecule has 2 N–H and O–H groups in total. The molecule has 7 nitrogen and oxygen atoms in total. The van der Waals surface area contributed by atoms with Crippen LogP contribution in [0.3, 0.4) is 0 Å². The fourth-order valence-corrected chi connectivity index (χ4v) is 2.42. The number of amides is 1. The maximum atomic E-state index is 12.5. The Morgan fingerprint density at radius 2 is 1.96 bits per heavy atom. The molecule has 0 saturated heterocycles. The number of nitrogens with one attached hydrogen (secondary N) is 1. The molecule has 2 aromatic rings. The minimum atomic E-state index is -1.11. The molecule has 0 aliphatic rings. The SMILES string of the molecule is COc1cc(/C=C(\C#N)C(=O)Nc2cccc(C)c2C)ccc1OCC(=O)O. The van der Waals surface area contributed by atoms with E-state index in [1.54, 1.807) is 18.2 Å². The zero-order valence-corrected chi connectivity index (χ0v) is 15.8. The van der Waals surface area contributed by atoms with Gasteiger partial charge in [0.05, 0.1) is 7.11 Å². The fourth-order valence-electron chi connectivity index (χ4n) is 2.42. The van der Waals surface area contributed by atoms with E-state index >= 15 is 0 Å². The Morgan fingerprint density at radius 3 is 2.61 bits per heavy atom. The summed E-state index contributed by atoms with van der Waals surface area (Å²) in [4.78, 5) is 23.1. The van der Waals surface area contributed by atoms with Gasteiger partial charge in [0.2, 0.25) is 0 Å². The van der Waals surface area contributed by atoms with E-state index in [2.05, 4.69) is 5.32 Å². The highest BCUT2D eigenvalue weighted by molar-refractivity contribution is 6.10. The van der Waals surface area contributed by atoms with Crippen LogP contribution in [0.4, 0.5) is 5.69 Å². The Bertz CT molecular complexity index is 973. The summed E-state index contributed by atoms with van der Waals surface area (Å²) in [7, 11) is 1.41. The van der Waals surface area contributed by atoms with E-state index in [1.165, 1.54) is 19.3 Å². The molecular formula is C21H20N2O5. The second-order valence-electron chi connectivity index (χ2n) is 5.96. The Labute approximate surface area is 162 Å². The Kier molecular flexibility index (Phi) is 6.77. The summed E-state index contributed by atoms with van der Waals surface area (Å²) in [6.07, 6.45) is 1.42. The molecule has 0 unspecified atom stereocenters. The van der Waals surface area contributed by atoms with Crippen molar-refractivity contribution in [2.45, 2.75) is 13.8 Å². The molecular weight excluding hydrogens is 360 g/mol. The highest BCUT2D eigenvalue weighted by atomic mass is 16.5. The zero-order chi connectivity index (χ0) is 20.7. The monoisotopic (exact) mass is 380 g/mol. The number of carboxylic acid groups (broad SMARTS) is 1. The standard InChI is InChI=1S/C21H20N2O5/c1-13-5-4-6-17(14(13)2)23-21(26)16(11-22)9-15-7-8-18(19(10-15)27-3)28-12-20(24)25/h4-10H,12H2,1-3H3,(H,23,26)(H,24,25)/b16-9+. The number of carbonyl (C=O) groups excluding carboxylic acids is 1. The van der Waals surface area contributed by atoms with E-state index < -0.39 is 18.5 Å². The number of ether oxygens (including phenoxy) is 2. The number of hydrogen-bond acceptors (Lipinski definition) is 5. The van der Waals surface area contributed by atoms with Crippen LogP contribution in [0, 0.1) is 25.2 Å². The maximum Gasteiger partial charge on any atom is 0.341 e. The number of hydrogen-bond donors (Lipinski definition) is 2. The van der Waals surface area contributed by atoms with Crippen LogP contribution >= 0.6 is 0 Å². The van der Waals surface area contributed by atoms with Gasteiger partial charge in [-0.3, -0.25) is 4.79 Å². The minimum Gasteiger partial charge on any atom is -0.493 e. The molecule has 0 aliphatic heterocycles. The van der Waals surface area contributed by atoms with Crippen molar-refractivity contribution < 1.29 is 24.2 Å². The molecule has 7 heteroatoms. The van der Waals surface area contributed by atoms with E-state index in [4.69, 9.17) is 14.6 Å². The van der Waals surface area contributed by atoms with Gasteiger partial charge in [-0.1, -0.05) is 18.2 Å². The van der Waals surface area contributed by atoms with Crippen LogP contribution < -0.4 is 14.8 Å². The summed E-state index contributed by atoms with van der Waals surface area (Å²) in [6.45, 7) is 3.32. The van der Waals surface area contributed by atoms with E-state index in [-0.39, 0.29) is 11.3 Å². The van der Waals surface area contributed by atoms with Gasteiger partial charge in [0.25, 0.3) is 5.91 Å². The minimum absolute atomic E-state index is 0.0813.